The molecule has 8 bridgehead atoms. The monoisotopic (exact) mass is 799 g/mol. The van der Waals surface area contributed by atoms with Crippen molar-refractivity contribution in [3.05, 3.63) is 115 Å². The zero-order valence-electron chi connectivity index (χ0n) is 33.8. The molecule has 0 aliphatic heterocycles. The van der Waals surface area contributed by atoms with E-state index in [1.807, 2.05) is 48.5 Å². The first kappa shape index (κ1) is 45.4. The Balaban J connectivity index is 0.00000188. The number of fused-ring (bicyclic) bond motifs is 8. The molecule has 1 aliphatic carbocycles. The Kier molecular flexibility index (Phi) is 14.0. The van der Waals surface area contributed by atoms with Crippen LogP contribution in [0.1, 0.15) is 157 Å². The molecule has 0 spiro atoms. The quantitative estimate of drug-likeness (QED) is 0.145. The molecule has 0 N–H and O–H groups in total. The molecular weight excluding hydrogens is 742 g/mol. The summed E-state index contributed by atoms with van der Waals surface area (Å²) in [6.07, 6.45) is 0.724. The van der Waals surface area contributed by atoms with Crippen molar-refractivity contribution in [2.75, 3.05) is 0 Å². The predicted octanol–water partition coefficient (Wildman–Crippen LogP) is 8.26. The van der Waals surface area contributed by atoms with Crippen molar-refractivity contribution in [1.82, 2.24) is 0 Å². The van der Waals surface area contributed by atoms with Crippen molar-refractivity contribution in [1.29, 1.82) is 5.26 Å². The zero-order chi connectivity index (χ0) is 38.4. The van der Waals surface area contributed by atoms with Gasteiger partial charge in [-0.15, -0.1) is 23.0 Å². The van der Waals surface area contributed by atoms with Gasteiger partial charge < -0.3 is 25.9 Å². The molecular formula is C46H55MoNO5-6. The summed E-state index contributed by atoms with van der Waals surface area (Å²) in [5, 5.41) is 64.4. The molecule has 4 aromatic rings. The summed E-state index contributed by atoms with van der Waals surface area (Å²) < 4.78 is 0. The Morgan fingerprint density at radius 1 is 0.396 bits per heavy atom. The minimum Gasteiger partial charge on any atom is -2.00 e. The Bertz CT molecular complexity index is 1620. The Hall–Kier alpha value is -3.78. The first-order valence-corrected chi connectivity index (χ1v) is 18.0. The van der Waals surface area contributed by atoms with Gasteiger partial charge in [-0.3, -0.25) is 0 Å². The van der Waals surface area contributed by atoms with E-state index in [2.05, 4.69) is 83.1 Å². The van der Waals surface area contributed by atoms with Crippen LogP contribution in [0.25, 0.3) is 0 Å². The second-order valence-corrected chi connectivity index (χ2v) is 18.4. The number of nitriles is 1. The van der Waals surface area contributed by atoms with Crippen LogP contribution < -0.4 is 20.4 Å². The molecule has 0 radical (unpaired) electrons. The third-order valence-corrected chi connectivity index (χ3v) is 9.96. The third-order valence-electron chi connectivity index (χ3n) is 9.96. The summed E-state index contributed by atoms with van der Waals surface area (Å²) in [5.41, 5.74) is 7.39. The van der Waals surface area contributed by atoms with Gasteiger partial charge in [0.25, 0.3) is 0 Å². The van der Waals surface area contributed by atoms with Gasteiger partial charge in [-0.25, -0.2) is 0 Å². The molecule has 4 aromatic carbocycles. The second-order valence-electron chi connectivity index (χ2n) is 18.4. The van der Waals surface area contributed by atoms with Crippen LogP contribution >= 0.6 is 0 Å². The van der Waals surface area contributed by atoms with Crippen LogP contribution in [-0.2, 0) is 73.9 Å². The summed E-state index contributed by atoms with van der Waals surface area (Å²) in [5.74, 6) is -0.496. The maximum atomic E-state index is 14.3. The molecule has 6 nitrogen and oxygen atoms in total. The van der Waals surface area contributed by atoms with Crippen molar-refractivity contribution in [3.63, 3.8) is 0 Å². The molecule has 0 saturated carbocycles. The molecule has 7 heteroatoms. The maximum Gasteiger partial charge on any atom is 0.0587 e. The fraction of sp³-hybridized carbons (Fsp3) is 0.457. The number of rotatable bonds is 0. The van der Waals surface area contributed by atoms with Gasteiger partial charge in [0.1, 0.15) is 0 Å². The summed E-state index contributed by atoms with van der Waals surface area (Å²) in [7, 11) is 0. The average Bonchev–Trinajstić information content (AvgIpc) is 2.98. The van der Waals surface area contributed by atoms with Gasteiger partial charge >= 0.3 is 0 Å². The van der Waals surface area contributed by atoms with E-state index in [1.165, 1.54) is 6.92 Å². The minimum atomic E-state index is -0.256. The molecule has 0 amide bonds. The van der Waals surface area contributed by atoms with E-state index >= 15 is 0 Å². The molecule has 0 unspecified atom stereocenters. The standard InChI is InChI=1S/C44H56O4.C2H3N.Mo.O/c1-41(2,3)33-17-25-13-27-19-34(42(4,5)6)21-29(38(27)46)15-31-23-36(44(10,11)12)24-32(40(31)48)16-30-22-35(43(7,8)9)20-28(39(30)47)14-26(18-33)37(25)45;1-2-3;;/h17-24,45-48H,13-16H2,1-12H3;1H3;;/q;;;-2/p-4. The molecule has 286 valence electrons. The first-order valence-electron chi connectivity index (χ1n) is 18.0. The van der Waals surface area contributed by atoms with Crippen LogP contribution in [0.15, 0.2) is 48.5 Å². The third kappa shape index (κ3) is 10.3. The predicted molar refractivity (Wildman–Crippen MR) is 202 cm³/mol. The van der Waals surface area contributed by atoms with E-state index in [9.17, 15) is 20.4 Å². The van der Waals surface area contributed by atoms with Crippen molar-refractivity contribution < 1.29 is 47.0 Å². The van der Waals surface area contributed by atoms with Crippen LogP contribution in [-0.4, -0.2) is 0 Å². The molecule has 0 saturated heterocycles. The van der Waals surface area contributed by atoms with Gasteiger partial charge in [0.05, 0.1) is 6.07 Å². The van der Waals surface area contributed by atoms with Gasteiger partial charge in [0.15, 0.2) is 0 Å². The van der Waals surface area contributed by atoms with E-state index in [1.54, 1.807) is 6.07 Å². The van der Waals surface area contributed by atoms with Crippen molar-refractivity contribution in [2.24, 2.45) is 0 Å². The Labute approximate surface area is 332 Å². The molecule has 0 heterocycles. The molecule has 0 fully saturated rings. The number of benzene rings is 4. The van der Waals surface area contributed by atoms with E-state index < -0.39 is 0 Å². The van der Waals surface area contributed by atoms with Crippen molar-refractivity contribution in [2.45, 2.75) is 137 Å². The second kappa shape index (κ2) is 16.3. The van der Waals surface area contributed by atoms with Crippen LogP contribution in [0.2, 0.25) is 0 Å². The molecule has 5 rings (SSSR count). The van der Waals surface area contributed by atoms with E-state index in [0.29, 0.717) is 44.5 Å². The largest absolute Gasteiger partial charge is 2.00 e. The zero-order valence-corrected chi connectivity index (χ0v) is 35.9. The summed E-state index contributed by atoms with van der Waals surface area (Å²) >= 11 is 0. The molecule has 0 aromatic heterocycles. The fourth-order valence-electron chi connectivity index (χ4n) is 6.62. The molecule has 1 aliphatic rings. The maximum absolute atomic E-state index is 14.3. The summed E-state index contributed by atoms with van der Waals surface area (Å²) in [4.78, 5) is 0. The van der Waals surface area contributed by atoms with Gasteiger partial charge in [0, 0.05) is 28.0 Å². The Morgan fingerprint density at radius 2 is 0.509 bits per heavy atom. The SMILES string of the molecule is CC#N.CC(C)(C)c1cc2c([O-])c(c1)Cc1cc(C(C)(C)C)cc(c1[O-])Cc1cc(C(C)(C)C)cc(c1[O-])Cc1cc(C(C)(C)C)cc(c1[O-])C2.[Mo].[O-2]. The number of hydrogen-bond acceptors (Lipinski definition) is 5. The fourth-order valence-corrected chi connectivity index (χ4v) is 6.62. The number of nitrogens with zero attached hydrogens (tertiary/aromatic N) is 1. The van der Waals surface area contributed by atoms with E-state index in [4.69, 9.17) is 5.26 Å². The summed E-state index contributed by atoms with van der Waals surface area (Å²) in [6, 6.07) is 17.3. The smallest absolute Gasteiger partial charge is 0.0587 e. The number of hydrogen-bond donors (Lipinski definition) is 0. The minimum absolute atomic E-state index is 0. The van der Waals surface area contributed by atoms with Gasteiger partial charge in [-0.05, 0) is 69.6 Å². The topological polar surface area (TPSA) is 145 Å². The van der Waals surface area contributed by atoms with Crippen molar-refractivity contribution in [3.8, 4) is 29.1 Å². The van der Waals surface area contributed by atoms with Gasteiger partial charge in [-0.1, -0.05) is 176 Å². The van der Waals surface area contributed by atoms with Crippen molar-refractivity contribution >= 4 is 0 Å². The van der Waals surface area contributed by atoms with Gasteiger partial charge in [0.2, 0.25) is 0 Å². The average molecular weight is 798 g/mol. The normalized spacial score (nSPS) is 13.1. The van der Waals surface area contributed by atoms with Crippen LogP contribution in [0, 0.1) is 11.3 Å². The first-order chi connectivity index (χ1) is 23.3. The molecule has 0 atom stereocenters. The van der Waals surface area contributed by atoms with E-state index in [-0.39, 0.29) is 96.9 Å². The molecule has 53 heavy (non-hydrogen) atoms. The van der Waals surface area contributed by atoms with Gasteiger partial charge in [-0.2, -0.15) is 5.26 Å². The van der Waals surface area contributed by atoms with Crippen LogP contribution in [0.5, 0.6) is 23.0 Å². The van der Waals surface area contributed by atoms with Crippen LogP contribution in [0.4, 0.5) is 0 Å². The summed E-state index contributed by atoms with van der Waals surface area (Å²) in [6.45, 7) is 26.8. The van der Waals surface area contributed by atoms with Crippen LogP contribution in [0.3, 0.4) is 0 Å². The van der Waals surface area contributed by atoms with E-state index in [0.717, 1.165) is 22.3 Å². The Morgan fingerprint density at radius 3 is 0.604 bits per heavy atom.